The zero-order valence-electron chi connectivity index (χ0n) is 13.3. The molecule has 10 heteroatoms. The third kappa shape index (κ3) is 5.59. The number of hydrogen-bond acceptors (Lipinski definition) is 5. The van der Waals surface area contributed by atoms with Gasteiger partial charge in [0, 0.05) is 11.6 Å². The Bertz CT molecular complexity index is 665. The van der Waals surface area contributed by atoms with E-state index in [2.05, 4.69) is 15.5 Å². The quantitative estimate of drug-likeness (QED) is 0.514. The molecule has 1 aliphatic rings. The van der Waals surface area contributed by atoms with Crippen LogP contribution in [0.2, 0.25) is 0 Å². The number of carbonyl (C=O) groups is 3. The van der Waals surface area contributed by atoms with E-state index in [1.165, 1.54) is 12.1 Å². The molecule has 8 nitrogen and oxygen atoms in total. The molecule has 136 valence electrons. The highest BCUT2D eigenvalue weighted by Crippen LogP contribution is 2.29. The van der Waals surface area contributed by atoms with Crippen LogP contribution in [0.3, 0.4) is 0 Å². The Morgan fingerprint density at radius 3 is 2.48 bits per heavy atom. The second-order valence-corrected chi connectivity index (χ2v) is 5.13. The zero-order chi connectivity index (χ0) is 18.4. The smallest absolute Gasteiger partial charge is 0.387 e. The highest BCUT2D eigenvalue weighted by molar-refractivity contribution is 6.35. The fraction of sp³-hybridized carbons (Fsp3) is 0.400. The number of nitrogens with one attached hydrogen (secondary N) is 3. The van der Waals surface area contributed by atoms with Crippen LogP contribution in [0.1, 0.15) is 30.1 Å². The topological polar surface area (TPSA) is 106 Å². The van der Waals surface area contributed by atoms with Crippen molar-refractivity contribution < 1.29 is 32.6 Å². The van der Waals surface area contributed by atoms with Gasteiger partial charge in [-0.2, -0.15) is 8.78 Å². The Morgan fingerprint density at radius 1 is 1.16 bits per heavy atom. The van der Waals surface area contributed by atoms with E-state index in [-0.39, 0.29) is 29.7 Å². The maximum absolute atomic E-state index is 12.3. The monoisotopic (exact) mass is 357 g/mol. The average molecular weight is 357 g/mol. The molecular formula is C15H17F2N3O5. The number of alkyl halides is 2. The van der Waals surface area contributed by atoms with Crippen molar-refractivity contribution in [3.8, 4) is 11.5 Å². The minimum atomic E-state index is -3.04. The average Bonchev–Trinajstić information content (AvgIpc) is 3.37. The van der Waals surface area contributed by atoms with Crippen LogP contribution in [0.4, 0.5) is 8.78 Å². The number of hydrazine groups is 1. The first-order chi connectivity index (χ1) is 11.9. The summed E-state index contributed by atoms with van der Waals surface area (Å²) < 4.78 is 34.1. The van der Waals surface area contributed by atoms with E-state index >= 15 is 0 Å². The molecule has 0 aliphatic heterocycles. The molecular weight excluding hydrogens is 340 g/mol. The molecule has 2 rings (SSSR count). The molecule has 3 amide bonds. The number of halogens is 2. The van der Waals surface area contributed by atoms with E-state index in [0.717, 1.165) is 18.9 Å². The van der Waals surface area contributed by atoms with Gasteiger partial charge in [-0.05, 0) is 38.0 Å². The van der Waals surface area contributed by atoms with Crippen LogP contribution >= 0.6 is 0 Å². The second-order valence-electron chi connectivity index (χ2n) is 5.13. The maximum Gasteiger partial charge on any atom is 0.387 e. The van der Waals surface area contributed by atoms with Crippen molar-refractivity contribution in [2.24, 2.45) is 0 Å². The molecule has 0 saturated heterocycles. The molecule has 1 aromatic carbocycles. The van der Waals surface area contributed by atoms with Crippen molar-refractivity contribution in [3.63, 3.8) is 0 Å². The van der Waals surface area contributed by atoms with Gasteiger partial charge in [-0.3, -0.25) is 25.2 Å². The van der Waals surface area contributed by atoms with Crippen LogP contribution in [-0.2, 0) is 9.59 Å². The van der Waals surface area contributed by atoms with Crippen LogP contribution in [0.5, 0.6) is 11.5 Å². The number of ether oxygens (including phenoxy) is 2. The molecule has 0 heterocycles. The van der Waals surface area contributed by atoms with Gasteiger partial charge in [-0.1, -0.05) is 0 Å². The predicted octanol–water partition coefficient (Wildman–Crippen LogP) is 0.726. The standard InChI is InChI=1S/C15H17F2N3O5/c1-2-24-11-7-8(3-6-10(11)25-15(16)17)12(21)19-20-14(23)13(22)18-9-4-5-9/h3,6-7,9,15H,2,4-5H2,1H3,(H,18,22)(H,19,21)(H,20,23). The van der Waals surface area contributed by atoms with Gasteiger partial charge in [0.15, 0.2) is 11.5 Å². The number of carbonyl (C=O) groups excluding carboxylic acids is 3. The van der Waals surface area contributed by atoms with Gasteiger partial charge >= 0.3 is 18.4 Å². The van der Waals surface area contributed by atoms with Gasteiger partial charge < -0.3 is 14.8 Å². The Hall–Kier alpha value is -2.91. The molecule has 1 aromatic rings. The van der Waals surface area contributed by atoms with Gasteiger partial charge in [0.2, 0.25) is 0 Å². The molecule has 0 spiro atoms. The maximum atomic E-state index is 12.3. The number of rotatable bonds is 6. The summed E-state index contributed by atoms with van der Waals surface area (Å²) in [6.07, 6.45) is 1.64. The van der Waals surface area contributed by atoms with Crippen molar-refractivity contribution in [1.82, 2.24) is 16.2 Å². The van der Waals surface area contributed by atoms with Gasteiger partial charge in [0.05, 0.1) is 6.61 Å². The normalized spacial score (nSPS) is 13.1. The molecule has 1 fully saturated rings. The molecule has 25 heavy (non-hydrogen) atoms. The predicted molar refractivity (Wildman–Crippen MR) is 81.0 cm³/mol. The largest absolute Gasteiger partial charge is 0.490 e. The Labute approximate surface area is 141 Å². The summed E-state index contributed by atoms with van der Waals surface area (Å²) >= 11 is 0. The molecule has 3 N–H and O–H groups in total. The van der Waals surface area contributed by atoms with Crippen LogP contribution in [0.15, 0.2) is 18.2 Å². The lowest BCUT2D eigenvalue weighted by Gasteiger charge is -2.13. The highest BCUT2D eigenvalue weighted by atomic mass is 19.3. The second kappa shape index (κ2) is 8.27. The summed E-state index contributed by atoms with van der Waals surface area (Å²) in [5.41, 5.74) is 4.05. The summed E-state index contributed by atoms with van der Waals surface area (Å²) in [5, 5.41) is 2.46. The van der Waals surface area contributed by atoms with Crippen molar-refractivity contribution in [2.45, 2.75) is 32.4 Å². The lowest BCUT2D eigenvalue weighted by molar-refractivity contribution is -0.139. The molecule has 0 radical (unpaired) electrons. The zero-order valence-corrected chi connectivity index (χ0v) is 13.3. The SMILES string of the molecule is CCOc1cc(C(=O)NNC(=O)C(=O)NC2CC2)ccc1OC(F)F. The first-order valence-corrected chi connectivity index (χ1v) is 7.53. The van der Waals surface area contributed by atoms with Gasteiger partial charge in [0.25, 0.3) is 5.91 Å². The van der Waals surface area contributed by atoms with E-state index in [1.54, 1.807) is 6.92 Å². The van der Waals surface area contributed by atoms with Crippen molar-refractivity contribution in [1.29, 1.82) is 0 Å². The van der Waals surface area contributed by atoms with Gasteiger partial charge in [0.1, 0.15) is 0 Å². The highest BCUT2D eigenvalue weighted by Gasteiger charge is 2.26. The van der Waals surface area contributed by atoms with E-state index in [9.17, 15) is 23.2 Å². The Kier molecular flexibility index (Phi) is 6.09. The summed E-state index contributed by atoms with van der Waals surface area (Å²) in [6, 6.07) is 3.55. The molecule has 0 unspecified atom stereocenters. The third-order valence-corrected chi connectivity index (χ3v) is 3.13. The summed E-state index contributed by atoms with van der Waals surface area (Å²) in [4.78, 5) is 35.0. The summed E-state index contributed by atoms with van der Waals surface area (Å²) in [5.74, 6) is -2.88. The van der Waals surface area contributed by atoms with Crippen LogP contribution in [0.25, 0.3) is 0 Å². The fourth-order valence-corrected chi connectivity index (χ4v) is 1.83. The van der Waals surface area contributed by atoms with Crippen LogP contribution in [0, 0.1) is 0 Å². The Morgan fingerprint density at radius 2 is 1.88 bits per heavy atom. The van der Waals surface area contributed by atoms with Crippen LogP contribution < -0.4 is 25.6 Å². The van der Waals surface area contributed by atoms with E-state index < -0.39 is 24.3 Å². The number of amides is 3. The molecule has 1 aliphatic carbocycles. The van der Waals surface area contributed by atoms with Gasteiger partial charge in [-0.25, -0.2) is 0 Å². The molecule has 0 atom stereocenters. The number of benzene rings is 1. The van der Waals surface area contributed by atoms with E-state index in [1.807, 2.05) is 5.43 Å². The minimum absolute atomic E-state index is 0.00471. The molecule has 1 saturated carbocycles. The fourth-order valence-electron chi connectivity index (χ4n) is 1.83. The van der Waals surface area contributed by atoms with Crippen molar-refractivity contribution >= 4 is 17.7 Å². The van der Waals surface area contributed by atoms with E-state index in [0.29, 0.717) is 0 Å². The lowest BCUT2D eigenvalue weighted by Crippen LogP contribution is -2.48. The van der Waals surface area contributed by atoms with Gasteiger partial charge in [-0.15, -0.1) is 0 Å². The van der Waals surface area contributed by atoms with E-state index in [4.69, 9.17) is 4.74 Å². The third-order valence-electron chi connectivity index (χ3n) is 3.13. The number of hydrogen-bond donors (Lipinski definition) is 3. The molecule has 0 aromatic heterocycles. The lowest BCUT2D eigenvalue weighted by atomic mass is 10.2. The van der Waals surface area contributed by atoms with Crippen molar-refractivity contribution in [3.05, 3.63) is 23.8 Å². The first kappa shape index (κ1) is 18.4. The van der Waals surface area contributed by atoms with Crippen molar-refractivity contribution in [2.75, 3.05) is 6.61 Å². The van der Waals surface area contributed by atoms with Crippen LogP contribution in [-0.4, -0.2) is 37.0 Å². The minimum Gasteiger partial charge on any atom is -0.490 e. The Balaban J connectivity index is 1.96. The molecule has 0 bridgehead atoms. The first-order valence-electron chi connectivity index (χ1n) is 7.53. The summed E-state index contributed by atoms with van der Waals surface area (Å²) in [7, 11) is 0. The summed E-state index contributed by atoms with van der Waals surface area (Å²) in [6.45, 7) is -1.23.